The minimum Gasteiger partial charge on any atom is -0.369 e. The predicted molar refractivity (Wildman–Crippen MR) is 128 cm³/mol. The maximum atomic E-state index is 14.9. The molecule has 6 nitrogen and oxygen atoms in total. The molecular weight excluding hydrogens is 509 g/mol. The highest BCUT2D eigenvalue weighted by Crippen LogP contribution is 2.34. The fraction of sp³-hybridized carbons (Fsp3) is 0.318. The maximum absolute atomic E-state index is 14.9. The van der Waals surface area contributed by atoms with Crippen LogP contribution in [0.1, 0.15) is 24.0 Å². The monoisotopic (exact) mass is 530 g/mol. The van der Waals surface area contributed by atoms with Crippen molar-refractivity contribution in [1.29, 1.82) is 0 Å². The van der Waals surface area contributed by atoms with E-state index >= 15 is 0 Å². The van der Waals surface area contributed by atoms with E-state index in [0.29, 0.717) is 18.8 Å². The molecule has 1 aliphatic heterocycles. The van der Waals surface area contributed by atoms with Crippen LogP contribution < -0.4 is 9.62 Å². The molecule has 34 heavy (non-hydrogen) atoms. The Morgan fingerprint density at radius 2 is 2.12 bits per heavy atom. The van der Waals surface area contributed by atoms with Crippen molar-refractivity contribution in [2.75, 3.05) is 29.8 Å². The second-order valence-electron chi connectivity index (χ2n) is 8.05. The van der Waals surface area contributed by atoms with Crippen LogP contribution in [0.3, 0.4) is 0 Å². The fourth-order valence-electron chi connectivity index (χ4n) is 4.00. The van der Waals surface area contributed by atoms with Crippen molar-refractivity contribution in [3.63, 3.8) is 0 Å². The third kappa shape index (κ3) is 5.48. The molecule has 0 aliphatic carbocycles. The Kier molecular flexibility index (Phi) is 7.36. The van der Waals surface area contributed by atoms with Crippen molar-refractivity contribution in [2.24, 2.45) is 0 Å². The van der Waals surface area contributed by atoms with Crippen LogP contribution in [0, 0.1) is 5.82 Å². The molecule has 1 N–H and O–H groups in total. The highest BCUT2D eigenvalue weighted by atomic mass is 35.5. The van der Waals surface area contributed by atoms with Crippen LogP contribution in [0.2, 0.25) is 5.02 Å². The number of sulfonamides is 1. The number of halogens is 4. The standard InChI is InChI=1S/C22H22ClF3N4O2S2/c1-29(16-5-6-30(11-16)10-14-3-2-4-15(7-14)22(25)26)19-9-18(24)20(8-17(19)23)34(31,32)28-21-12-33-13-27-21/h2-4,7-9,12-13,16,22,28H,5-6,10-11H2,1H3. The number of likely N-dealkylation sites (N-methyl/N-ethyl adjacent to an activating group) is 1. The Balaban J connectivity index is 1.46. The van der Waals surface area contributed by atoms with Gasteiger partial charge in [0.2, 0.25) is 0 Å². The van der Waals surface area contributed by atoms with E-state index in [4.69, 9.17) is 11.6 Å². The number of benzene rings is 2. The molecule has 1 atom stereocenters. The van der Waals surface area contributed by atoms with Crippen molar-refractivity contribution >= 4 is 44.5 Å². The number of nitrogens with one attached hydrogen (secondary N) is 1. The van der Waals surface area contributed by atoms with E-state index in [-0.39, 0.29) is 22.4 Å². The smallest absolute Gasteiger partial charge is 0.266 e. The third-order valence-corrected chi connectivity index (χ3v) is 8.01. The number of anilines is 2. The summed E-state index contributed by atoms with van der Waals surface area (Å²) in [4.78, 5) is 7.25. The van der Waals surface area contributed by atoms with Gasteiger partial charge >= 0.3 is 0 Å². The van der Waals surface area contributed by atoms with Gasteiger partial charge in [0.1, 0.15) is 10.7 Å². The Bertz CT molecular complexity index is 1260. The molecule has 182 valence electrons. The van der Waals surface area contributed by atoms with Crippen LogP contribution in [0.25, 0.3) is 0 Å². The average Bonchev–Trinajstić information content (AvgIpc) is 3.46. The Labute approximate surface area is 205 Å². The summed E-state index contributed by atoms with van der Waals surface area (Å²) in [5, 5.41) is 1.60. The Morgan fingerprint density at radius 3 is 2.82 bits per heavy atom. The van der Waals surface area contributed by atoms with Crippen molar-refractivity contribution in [3.8, 4) is 0 Å². The van der Waals surface area contributed by atoms with Crippen LogP contribution in [0.15, 0.2) is 52.2 Å². The zero-order chi connectivity index (χ0) is 24.5. The first kappa shape index (κ1) is 24.8. The zero-order valence-electron chi connectivity index (χ0n) is 18.1. The number of likely N-dealkylation sites (tertiary alicyclic amines) is 1. The van der Waals surface area contributed by atoms with Gasteiger partial charge in [0.15, 0.2) is 5.82 Å². The van der Waals surface area contributed by atoms with Crippen LogP contribution in [0.5, 0.6) is 0 Å². The molecule has 1 unspecified atom stereocenters. The van der Waals surface area contributed by atoms with E-state index in [1.807, 2.05) is 11.0 Å². The number of hydrogen-bond donors (Lipinski definition) is 1. The quantitative estimate of drug-likeness (QED) is 0.423. The summed E-state index contributed by atoms with van der Waals surface area (Å²) in [5.41, 5.74) is 2.62. The minimum absolute atomic E-state index is 0.00747. The van der Waals surface area contributed by atoms with Gasteiger partial charge in [-0.05, 0) is 24.1 Å². The number of rotatable bonds is 8. The van der Waals surface area contributed by atoms with E-state index in [9.17, 15) is 21.6 Å². The van der Waals surface area contributed by atoms with Gasteiger partial charge in [-0.2, -0.15) is 0 Å². The fourth-order valence-corrected chi connectivity index (χ4v) is 6.01. The van der Waals surface area contributed by atoms with Gasteiger partial charge in [-0.1, -0.05) is 29.8 Å². The lowest BCUT2D eigenvalue weighted by molar-refractivity contribution is 0.151. The molecule has 1 aromatic heterocycles. The maximum Gasteiger partial charge on any atom is 0.266 e. The number of aromatic nitrogens is 1. The molecule has 2 heterocycles. The van der Waals surface area contributed by atoms with E-state index in [0.717, 1.165) is 30.7 Å². The van der Waals surface area contributed by atoms with Gasteiger partial charge in [-0.15, -0.1) is 11.3 Å². The molecule has 3 aromatic rings. The number of thiazole rings is 1. The number of hydrogen-bond acceptors (Lipinski definition) is 6. The van der Waals surface area contributed by atoms with E-state index in [1.165, 1.54) is 34.4 Å². The van der Waals surface area contributed by atoms with Crippen LogP contribution in [0.4, 0.5) is 24.7 Å². The normalized spacial score (nSPS) is 16.8. The third-order valence-electron chi connectivity index (χ3n) is 5.75. The SMILES string of the molecule is CN(c1cc(F)c(S(=O)(=O)Nc2cscn2)cc1Cl)C1CCN(Cc2cccc(C(F)F)c2)C1. The van der Waals surface area contributed by atoms with Crippen LogP contribution >= 0.6 is 22.9 Å². The number of nitrogens with zero attached hydrogens (tertiary/aromatic N) is 3. The van der Waals surface area contributed by atoms with Gasteiger partial charge in [0.05, 0.1) is 16.2 Å². The number of alkyl halides is 2. The van der Waals surface area contributed by atoms with Crippen molar-refractivity contribution in [1.82, 2.24) is 9.88 Å². The van der Waals surface area contributed by atoms with Crippen LogP contribution in [-0.4, -0.2) is 44.5 Å². The molecule has 1 fully saturated rings. The van der Waals surface area contributed by atoms with E-state index in [2.05, 4.69) is 14.6 Å². The lowest BCUT2D eigenvalue weighted by Crippen LogP contribution is -2.34. The zero-order valence-corrected chi connectivity index (χ0v) is 20.5. The molecule has 0 saturated carbocycles. The lowest BCUT2D eigenvalue weighted by atomic mass is 10.1. The van der Waals surface area contributed by atoms with Crippen molar-refractivity contribution in [2.45, 2.75) is 30.3 Å². The molecule has 0 radical (unpaired) electrons. The topological polar surface area (TPSA) is 65.5 Å². The first-order valence-corrected chi connectivity index (χ1v) is 13.2. The second-order valence-corrected chi connectivity index (χ2v) is 10.8. The van der Waals surface area contributed by atoms with Gasteiger partial charge in [-0.3, -0.25) is 9.62 Å². The van der Waals surface area contributed by atoms with Crippen molar-refractivity contribution in [3.05, 3.63) is 69.3 Å². The molecule has 2 aromatic carbocycles. The van der Waals surface area contributed by atoms with Gasteiger partial charge in [-0.25, -0.2) is 26.6 Å². The summed E-state index contributed by atoms with van der Waals surface area (Å²) in [6.07, 6.45) is -1.76. The summed E-state index contributed by atoms with van der Waals surface area (Å²) in [6, 6.07) is 8.55. The highest BCUT2D eigenvalue weighted by molar-refractivity contribution is 7.92. The van der Waals surface area contributed by atoms with Crippen molar-refractivity contribution < 1.29 is 21.6 Å². The molecule has 1 aliphatic rings. The minimum atomic E-state index is -4.20. The van der Waals surface area contributed by atoms with Gasteiger partial charge in [0.25, 0.3) is 16.4 Å². The Hall–Kier alpha value is -2.34. The average molecular weight is 531 g/mol. The van der Waals surface area contributed by atoms with Gasteiger partial charge < -0.3 is 4.90 Å². The summed E-state index contributed by atoms with van der Waals surface area (Å²) >= 11 is 7.58. The lowest BCUT2D eigenvalue weighted by Gasteiger charge is -2.28. The van der Waals surface area contributed by atoms with E-state index < -0.39 is 27.2 Å². The molecule has 0 spiro atoms. The molecule has 0 bridgehead atoms. The first-order valence-electron chi connectivity index (χ1n) is 10.4. The van der Waals surface area contributed by atoms with Gasteiger partial charge in [0, 0.05) is 49.7 Å². The summed E-state index contributed by atoms with van der Waals surface area (Å²) in [6.45, 7) is 1.88. The summed E-state index contributed by atoms with van der Waals surface area (Å²) in [7, 11) is -2.42. The summed E-state index contributed by atoms with van der Waals surface area (Å²) < 4.78 is 68.2. The largest absolute Gasteiger partial charge is 0.369 e. The Morgan fingerprint density at radius 1 is 1.32 bits per heavy atom. The molecule has 12 heteroatoms. The van der Waals surface area contributed by atoms with E-state index in [1.54, 1.807) is 13.1 Å². The molecule has 4 rings (SSSR count). The summed E-state index contributed by atoms with van der Waals surface area (Å²) in [5.74, 6) is -0.820. The van der Waals surface area contributed by atoms with Crippen LogP contribution in [-0.2, 0) is 16.6 Å². The molecular formula is C22H22ClF3N4O2S2. The molecule has 0 amide bonds. The first-order chi connectivity index (χ1) is 16.1. The molecule has 1 saturated heterocycles. The predicted octanol–water partition coefficient (Wildman–Crippen LogP) is 5.38. The second kappa shape index (κ2) is 10.1. The highest BCUT2D eigenvalue weighted by Gasteiger charge is 2.29.